The van der Waals surface area contributed by atoms with E-state index in [2.05, 4.69) is 0 Å². The summed E-state index contributed by atoms with van der Waals surface area (Å²) in [7, 11) is 0. The van der Waals surface area contributed by atoms with Crippen LogP contribution in [-0.4, -0.2) is 83.3 Å². The molecule has 9 heteroatoms. The van der Waals surface area contributed by atoms with Crippen molar-refractivity contribution in [2.75, 3.05) is 0 Å². The number of aromatic hydroxyl groups is 2. The monoisotopic (exact) mass is 654 g/mol. The van der Waals surface area contributed by atoms with Gasteiger partial charge in [-0.2, -0.15) is 0 Å². The van der Waals surface area contributed by atoms with Gasteiger partial charge in [-0.25, -0.2) is 0 Å². The second-order valence-electron chi connectivity index (χ2n) is 17.6. The number of rotatable bonds is 4. The molecule has 14 atom stereocenters. The minimum atomic E-state index is -1.47. The lowest BCUT2D eigenvalue weighted by Crippen LogP contribution is -2.68. The number of hydrogen-bond acceptors (Lipinski definition) is 9. The number of aliphatic hydroxyl groups excluding tert-OH is 3. The Morgan fingerprint density at radius 1 is 0.957 bits per heavy atom. The highest BCUT2D eigenvalue weighted by Crippen LogP contribution is 2.77. The molecule has 0 bridgehead atoms. The summed E-state index contributed by atoms with van der Waals surface area (Å²) in [5.41, 5.74) is -3.81. The third-order valence-electron chi connectivity index (χ3n) is 14.8. The van der Waals surface area contributed by atoms with E-state index in [1.54, 1.807) is 19.1 Å². The molecule has 4 saturated carbocycles. The number of ether oxygens (including phenoxy) is 1. The maximum atomic E-state index is 14.6. The van der Waals surface area contributed by atoms with Crippen LogP contribution in [0.25, 0.3) is 0 Å². The molecule has 7 N–H and O–H groups in total. The number of fused-ring (bicyclic) bond motifs is 8. The van der Waals surface area contributed by atoms with Crippen molar-refractivity contribution < 1.29 is 45.3 Å². The summed E-state index contributed by atoms with van der Waals surface area (Å²) < 4.78 is 6.58. The zero-order chi connectivity index (χ0) is 34.2. The van der Waals surface area contributed by atoms with E-state index in [9.17, 15) is 40.5 Å². The van der Waals surface area contributed by atoms with Gasteiger partial charge in [-0.3, -0.25) is 4.79 Å². The molecule has 1 aliphatic heterocycles. The zero-order valence-electron chi connectivity index (χ0n) is 28.6. The van der Waals surface area contributed by atoms with Gasteiger partial charge in [0.15, 0.2) is 17.3 Å². The Balaban J connectivity index is 1.37. The van der Waals surface area contributed by atoms with E-state index in [0.717, 1.165) is 25.7 Å². The Morgan fingerprint density at radius 2 is 1.62 bits per heavy atom. The van der Waals surface area contributed by atoms with Crippen molar-refractivity contribution in [3.05, 3.63) is 35.4 Å². The average Bonchev–Trinajstić information content (AvgIpc) is 3.61. The Labute approximate surface area is 277 Å². The summed E-state index contributed by atoms with van der Waals surface area (Å²) in [6, 6.07) is 4.30. The molecule has 9 nitrogen and oxygen atoms in total. The smallest absolute Gasteiger partial charge is 0.160 e. The summed E-state index contributed by atoms with van der Waals surface area (Å²) in [6.45, 7) is 11.9. The van der Waals surface area contributed by atoms with Gasteiger partial charge in [0, 0.05) is 29.6 Å². The summed E-state index contributed by atoms with van der Waals surface area (Å²) in [5, 5.41) is 80.2. The fraction of sp³-hybridized carbons (Fsp3) is 0.763. The summed E-state index contributed by atoms with van der Waals surface area (Å²) >= 11 is 0. The van der Waals surface area contributed by atoms with Crippen LogP contribution < -0.4 is 0 Å². The van der Waals surface area contributed by atoms with E-state index >= 15 is 0 Å². The number of carbonyl (C=O) groups is 1. The van der Waals surface area contributed by atoms with E-state index in [1.807, 2.05) is 34.6 Å². The number of ketones is 1. The van der Waals surface area contributed by atoms with Gasteiger partial charge in [0.05, 0.1) is 35.6 Å². The predicted molar refractivity (Wildman–Crippen MR) is 173 cm³/mol. The molecule has 5 aliphatic carbocycles. The van der Waals surface area contributed by atoms with Crippen molar-refractivity contribution in [1.82, 2.24) is 0 Å². The largest absolute Gasteiger partial charge is 0.504 e. The molecule has 7 rings (SSSR count). The van der Waals surface area contributed by atoms with Crippen LogP contribution in [0.2, 0.25) is 0 Å². The van der Waals surface area contributed by atoms with Gasteiger partial charge < -0.3 is 40.5 Å². The van der Waals surface area contributed by atoms with Crippen LogP contribution >= 0.6 is 0 Å². The van der Waals surface area contributed by atoms with Gasteiger partial charge in [-0.1, -0.05) is 53.5 Å². The van der Waals surface area contributed by atoms with Gasteiger partial charge in [-0.05, 0) is 90.5 Å². The van der Waals surface area contributed by atoms with Crippen LogP contribution in [0.5, 0.6) is 11.5 Å². The fourth-order valence-electron chi connectivity index (χ4n) is 12.7. The minimum absolute atomic E-state index is 0.110. The number of benzene rings is 1. The van der Waals surface area contributed by atoms with Gasteiger partial charge >= 0.3 is 0 Å². The summed E-state index contributed by atoms with van der Waals surface area (Å²) in [5.74, 6) is -3.16. The first kappa shape index (κ1) is 33.5. The van der Waals surface area contributed by atoms with E-state index in [0.29, 0.717) is 17.6 Å². The van der Waals surface area contributed by atoms with Crippen molar-refractivity contribution in [2.45, 2.75) is 134 Å². The first-order chi connectivity index (χ1) is 21.8. The molecule has 0 unspecified atom stereocenters. The van der Waals surface area contributed by atoms with Crippen LogP contribution in [0.4, 0.5) is 0 Å². The fourth-order valence-corrected chi connectivity index (χ4v) is 12.7. The standard InChI is InChI=1S/C38H54O9/c1-18(2)19(3)29(43)33-36(6,45)32-26(47-33)16-38(46)21-14-24(41)28-27(20-9-10-22(39)23(40)13-20)30(44)25(42)15-34(28,4)31(21)37(11-7-8-12-37)17-35(32,38)5/h9-10,13-14,18-19,25-33,39-40,42-46H,7-8,11-12,15-17H2,1-6H3/t19-,25-,26-,27-,28-,29-,30-,31+,32+,33+,34-,35+,36+,38-/m0/s1. The van der Waals surface area contributed by atoms with E-state index < -0.39 is 70.3 Å². The molecule has 0 radical (unpaired) electrons. The Bertz CT molecular complexity index is 1480. The first-order valence-electron chi connectivity index (χ1n) is 17.8. The van der Waals surface area contributed by atoms with E-state index in [1.165, 1.54) is 12.1 Å². The Morgan fingerprint density at radius 3 is 2.23 bits per heavy atom. The molecule has 1 aromatic rings. The second-order valence-corrected chi connectivity index (χ2v) is 17.6. The minimum Gasteiger partial charge on any atom is -0.504 e. The third kappa shape index (κ3) is 4.26. The van der Waals surface area contributed by atoms with Crippen molar-refractivity contribution >= 4 is 5.78 Å². The Hall–Kier alpha value is -2.01. The topological polar surface area (TPSA) is 168 Å². The third-order valence-corrected chi connectivity index (χ3v) is 14.8. The predicted octanol–water partition coefficient (Wildman–Crippen LogP) is 3.95. The van der Waals surface area contributed by atoms with Crippen LogP contribution in [0.3, 0.4) is 0 Å². The molecule has 0 amide bonds. The highest BCUT2D eigenvalue weighted by atomic mass is 16.5. The molecule has 0 aromatic heterocycles. The number of aliphatic hydroxyl groups is 5. The molecular formula is C38H54O9. The molecule has 1 heterocycles. The van der Waals surface area contributed by atoms with Crippen LogP contribution in [0.1, 0.15) is 98.0 Å². The number of phenols is 2. The lowest BCUT2D eigenvalue weighted by atomic mass is 9.37. The van der Waals surface area contributed by atoms with E-state index in [-0.39, 0.29) is 53.3 Å². The average molecular weight is 655 g/mol. The van der Waals surface area contributed by atoms with Crippen molar-refractivity contribution in [1.29, 1.82) is 0 Å². The highest BCUT2D eigenvalue weighted by Gasteiger charge is 2.79. The van der Waals surface area contributed by atoms with Gasteiger partial charge in [0.25, 0.3) is 0 Å². The Kier molecular flexibility index (Phi) is 7.48. The SMILES string of the molecule is CC(C)[C@H](C)[C@H](O)[C@H]1O[C@H]2C[C@]3(O)C4=CC(=O)[C@H]5[C@H](c6ccc(O)c(O)c6)[C@@H](O)[C@@H](O)C[C@]5(C)[C@@H]4C4(CCCC4)C[C@]3(C)[C@@H]2[C@@]1(C)O. The molecule has 1 aromatic carbocycles. The lowest BCUT2D eigenvalue weighted by molar-refractivity contribution is -0.203. The van der Waals surface area contributed by atoms with Gasteiger partial charge in [0.2, 0.25) is 0 Å². The molecule has 47 heavy (non-hydrogen) atoms. The first-order valence-corrected chi connectivity index (χ1v) is 17.8. The van der Waals surface area contributed by atoms with Crippen LogP contribution in [-0.2, 0) is 9.53 Å². The van der Waals surface area contributed by atoms with Crippen molar-refractivity contribution in [2.24, 2.45) is 45.8 Å². The van der Waals surface area contributed by atoms with Crippen molar-refractivity contribution in [3.8, 4) is 11.5 Å². The number of hydrogen-bond donors (Lipinski definition) is 7. The normalized spacial score (nSPS) is 48.1. The maximum absolute atomic E-state index is 14.6. The van der Waals surface area contributed by atoms with Gasteiger partial charge in [0.1, 0.15) is 6.10 Å². The summed E-state index contributed by atoms with van der Waals surface area (Å²) in [6.07, 6.45) is 1.67. The molecule has 1 saturated heterocycles. The lowest BCUT2D eigenvalue weighted by Gasteiger charge is -2.67. The zero-order valence-corrected chi connectivity index (χ0v) is 28.6. The highest BCUT2D eigenvalue weighted by molar-refractivity contribution is 5.96. The van der Waals surface area contributed by atoms with Crippen LogP contribution in [0.15, 0.2) is 29.8 Å². The molecular weight excluding hydrogens is 600 g/mol. The van der Waals surface area contributed by atoms with Gasteiger partial charge in [-0.15, -0.1) is 0 Å². The maximum Gasteiger partial charge on any atom is 0.160 e. The van der Waals surface area contributed by atoms with E-state index in [4.69, 9.17) is 4.74 Å². The molecule has 260 valence electrons. The quantitative estimate of drug-likeness (QED) is 0.238. The molecule has 5 fully saturated rings. The number of allylic oxidation sites excluding steroid dienone is 1. The number of phenolic OH excluding ortho intramolecular Hbond substituents is 2. The van der Waals surface area contributed by atoms with Crippen LogP contribution in [0, 0.1) is 45.8 Å². The van der Waals surface area contributed by atoms with Crippen molar-refractivity contribution in [3.63, 3.8) is 0 Å². The summed E-state index contributed by atoms with van der Waals surface area (Å²) in [4.78, 5) is 14.6. The number of carbonyl (C=O) groups excluding carboxylic acids is 1. The molecule has 1 spiro atoms. The second kappa shape index (κ2) is 10.5. The molecule has 6 aliphatic rings.